The molecular formula is C31H31ClF5N9O4S. The zero-order chi connectivity index (χ0) is 36.7. The summed E-state index contributed by atoms with van der Waals surface area (Å²) in [5.74, 6) is -0.298. The number of aromatic nitrogens is 6. The molecule has 51 heavy (non-hydrogen) atoms. The summed E-state index contributed by atoms with van der Waals surface area (Å²) in [4.78, 5) is 54.3. The van der Waals surface area contributed by atoms with E-state index in [4.69, 9.17) is 11.6 Å². The van der Waals surface area contributed by atoms with Crippen molar-refractivity contribution in [3.8, 4) is 5.75 Å². The number of piperazine rings is 1. The number of allylic oxidation sites excluding steroid dienone is 2. The van der Waals surface area contributed by atoms with Gasteiger partial charge in [0.2, 0.25) is 11.7 Å². The van der Waals surface area contributed by atoms with Gasteiger partial charge in [-0.2, -0.15) is 9.50 Å². The molecule has 20 heteroatoms. The molecule has 2 atom stereocenters. The third-order valence-electron chi connectivity index (χ3n) is 9.38. The van der Waals surface area contributed by atoms with Crippen molar-refractivity contribution < 1.29 is 34.1 Å². The predicted molar refractivity (Wildman–Crippen MR) is 179 cm³/mol. The van der Waals surface area contributed by atoms with Gasteiger partial charge < -0.3 is 24.8 Å². The molecule has 2 fully saturated rings. The second kappa shape index (κ2) is 11.4. The molecule has 3 aromatic heterocycles. The van der Waals surface area contributed by atoms with E-state index in [1.54, 1.807) is 18.7 Å². The van der Waals surface area contributed by atoms with Gasteiger partial charge in [0.05, 0.1) is 22.1 Å². The molecule has 0 spiro atoms. The average Bonchev–Trinajstić information content (AvgIpc) is 3.43. The summed E-state index contributed by atoms with van der Waals surface area (Å²) in [5, 5.41) is 16.5. The van der Waals surface area contributed by atoms with E-state index >= 15 is 0 Å². The molecule has 1 saturated heterocycles. The van der Waals surface area contributed by atoms with E-state index in [-0.39, 0.29) is 79.0 Å². The highest BCUT2D eigenvalue weighted by molar-refractivity contribution is 8.45. The third kappa shape index (κ3) is 6.47. The molecule has 2 N–H and O–H groups in total. The van der Waals surface area contributed by atoms with Crippen molar-refractivity contribution >= 4 is 56.4 Å². The van der Waals surface area contributed by atoms with E-state index in [1.165, 1.54) is 15.8 Å². The molecule has 2 unspecified atom stereocenters. The van der Waals surface area contributed by atoms with Gasteiger partial charge in [-0.1, -0.05) is 44.0 Å². The molecule has 4 heterocycles. The number of aryl methyl sites for hydroxylation is 1. The SMILES string of the molecule is CCc1c(N2CCN(C(=O)c3ncnc(C)c3O)CC2)c(=O)n2nc(C3=CC4CC4C3)nc2n1CC(=O)Nc1ccc(S(F)(F)(F)(F)F)cc1Cl. The van der Waals surface area contributed by atoms with Crippen LogP contribution in [0.2, 0.25) is 5.02 Å². The molecule has 2 aliphatic carbocycles. The molecule has 4 aromatic rings. The molecule has 2 amide bonds. The smallest absolute Gasteiger partial charge is 0.310 e. The number of carbonyl (C=O) groups excluding carboxylic acids is 2. The molecule has 13 nitrogen and oxygen atoms in total. The Morgan fingerprint density at radius 2 is 1.82 bits per heavy atom. The van der Waals surface area contributed by atoms with Crippen molar-refractivity contribution in [1.82, 2.24) is 34.0 Å². The topological polar surface area (TPSA) is 151 Å². The number of nitrogens with zero attached hydrogens (tertiary/aromatic N) is 8. The summed E-state index contributed by atoms with van der Waals surface area (Å²) < 4.78 is 69.3. The number of carbonyl (C=O) groups is 2. The fourth-order valence-electron chi connectivity index (χ4n) is 6.63. The van der Waals surface area contributed by atoms with Crippen LogP contribution in [0.1, 0.15) is 47.5 Å². The zero-order valence-corrected chi connectivity index (χ0v) is 28.7. The molecule has 7 rings (SSSR count). The van der Waals surface area contributed by atoms with E-state index in [0.29, 0.717) is 29.4 Å². The van der Waals surface area contributed by atoms with E-state index < -0.39 is 44.1 Å². The van der Waals surface area contributed by atoms with Crippen molar-refractivity contribution in [2.45, 2.75) is 44.6 Å². The number of aromatic hydroxyl groups is 1. The summed E-state index contributed by atoms with van der Waals surface area (Å²) >= 11 is 5.92. The van der Waals surface area contributed by atoms with Crippen LogP contribution in [0.25, 0.3) is 11.4 Å². The average molecular weight is 756 g/mol. The first kappa shape index (κ1) is 34.7. The Morgan fingerprint density at radius 1 is 1.10 bits per heavy atom. The van der Waals surface area contributed by atoms with E-state index in [0.717, 1.165) is 22.9 Å². The van der Waals surface area contributed by atoms with Gasteiger partial charge in [-0.05, 0) is 61.8 Å². The Morgan fingerprint density at radius 3 is 2.45 bits per heavy atom. The highest BCUT2D eigenvalue weighted by Crippen LogP contribution is 3.02. The number of nitrogens with one attached hydrogen (secondary N) is 1. The van der Waals surface area contributed by atoms with Crippen molar-refractivity contribution in [3.63, 3.8) is 0 Å². The van der Waals surface area contributed by atoms with Crippen LogP contribution in [0.15, 0.2) is 40.3 Å². The number of hydrogen-bond donors (Lipinski definition) is 2. The van der Waals surface area contributed by atoms with Gasteiger partial charge in [0, 0.05) is 26.2 Å². The van der Waals surface area contributed by atoms with Crippen molar-refractivity contribution in [2.24, 2.45) is 11.8 Å². The minimum Gasteiger partial charge on any atom is -0.504 e. The standard InChI is InChI=1S/C31H31ClF5N9O4S/c1-3-23-26(43-6-8-44(9-7-43)29(49)25-27(48)16(2)38-15-39-25)30(50)46-31(41-28(42-46)19-11-17-10-18(17)12-19)45(23)14-24(47)40-22-5-4-20(13-21(22)32)51(33,34,35,36)37/h4-5,11,13,15,17-18,48H,3,6-10,12,14H2,1-2H3,(H,40,47). The van der Waals surface area contributed by atoms with Crippen LogP contribution in [-0.4, -0.2) is 77.1 Å². The largest absolute Gasteiger partial charge is 0.504 e. The molecular weight excluding hydrogens is 725 g/mol. The Bertz CT molecular complexity index is 2240. The monoisotopic (exact) mass is 755 g/mol. The Labute approximate surface area is 291 Å². The van der Waals surface area contributed by atoms with Gasteiger partial charge in [0.15, 0.2) is 17.3 Å². The van der Waals surface area contributed by atoms with Gasteiger partial charge in [0.1, 0.15) is 23.5 Å². The minimum absolute atomic E-state index is 0.0537. The number of halogens is 6. The maximum Gasteiger partial charge on any atom is 0.310 e. The van der Waals surface area contributed by atoms with Gasteiger partial charge in [-0.3, -0.25) is 14.4 Å². The first-order valence-corrected chi connectivity index (χ1v) is 18.3. The number of anilines is 2. The van der Waals surface area contributed by atoms with Crippen LogP contribution in [0.3, 0.4) is 0 Å². The molecule has 272 valence electrons. The molecule has 1 aliphatic heterocycles. The lowest BCUT2D eigenvalue weighted by Crippen LogP contribution is -2.51. The molecule has 0 radical (unpaired) electrons. The number of fused-ring (bicyclic) bond motifs is 2. The van der Waals surface area contributed by atoms with Gasteiger partial charge in [0.25, 0.3) is 11.5 Å². The van der Waals surface area contributed by atoms with E-state index in [9.17, 15) is 38.9 Å². The Kier molecular flexibility index (Phi) is 7.72. The lowest BCUT2D eigenvalue weighted by molar-refractivity contribution is -0.116. The minimum atomic E-state index is -10.0. The molecule has 1 saturated carbocycles. The summed E-state index contributed by atoms with van der Waals surface area (Å²) in [6, 6.07) is 0.865. The maximum absolute atomic E-state index is 14.2. The highest BCUT2D eigenvalue weighted by atomic mass is 35.5. The lowest BCUT2D eigenvalue weighted by Gasteiger charge is -2.40. The van der Waals surface area contributed by atoms with Gasteiger partial charge in [-0.15, -0.1) is 5.10 Å². The molecule has 1 aromatic carbocycles. The first-order valence-electron chi connectivity index (χ1n) is 15.9. The van der Waals surface area contributed by atoms with Crippen LogP contribution in [0.4, 0.5) is 30.8 Å². The van der Waals surface area contributed by atoms with Gasteiger partial charge >= 0.3 is 10.2 Å². The fraction of sp³-hybridized carbons (Fsp3) is 0.387. The normalized spacial score (nSPS) is 20.1. The fourth-order valence-corrected chi connectivity index (χ4v) is 7.58. The van der Waals surface area contributed by atoms with E-state index in [2.05, 4.69) is 31.4 Å². The summed E-state index contributed by atoms with van der Waals surface area (Å²) in [7, 11) is -10.0. The first-order chi connectivity index (χ1) is 23.8. The quantitative estimate of drug-likeness (QED) is 0.219. The number of benzene rings is 1. The van der Waals surface area contributed by atoms with E-state index in [1.807, 2.05) is 0 Å². The van der Waals surface area contributed by atoms with Crippen molar-refractivity contribution in [2.75, 3.05) is 36.4 Å². The molecule has 0 bridgehead atoms. The summed E-state index contributed by atoms with van der Waals surface area (Å²) in [6.45, 7) is 3.53. The predicted octanol–water partition coefficient (Wildman–Crippen LogP) is 5.59. The zero-order valence-electron chi connectivity index (χ0n) is 27.1. The Balaban J connectivity index is 1.22. The maximum atomic E-state index is 14.2. The summed E-state index contributed by atoms with van der Waals surface area (Å²) in [6.07, 6.45) is 5.31. The van der Waals surface area contributed by atoms with Crippen LogP contribution < -0.4 is 15.8 Å². The van der Waals surface area contributed by atoms with Crippen molar-refractivity contribution in [3.05, 3.63) is 68.9 Å². The van der Waals surface area contributed by atoms with Crippen LogP contribution in [-0.2, 0) is 17.8 Å². The lowest BCUT2D eigenvalue weighted by atomic mass is 10.2. The second-order valence-electron chi connectivity index (χ2n) is 12.8. The van der Waals surface area contributed by atoms with Crippen LogP contribution in [0, 0.1) is 18.8 Å². The van der Waals surface area contributed by atoms with Gasteiger partial charge in [-0.25, -0.2) is 9.97 Å². The van der Waals surface area contributed by atoms with Crippen LogP contribution in [0.5, 0.6) is 5.75 Å². The number of rotatable bonds is 8. The molecule has 3 aliphatic rings. The Hall–Kier alpha value is -4.78. The number of hydrogen-bond acceptors (Lipinski definition) is 9. The number of amides is 2. The van der Waals surface area contributed by atoms with Crippen LogP contribution >= 0.6 is 21.8 Å². The third-order valence-corrected chi connectivity index (χ3v) is 10.8. The summed E-state index contributed by atoms with van der Waals surface area (Å²) in [5.41, 5.74) is 0.765. The highest BCUT2D eigenvalue weighted by Gasteiger charge is 2.65. The second-order valence-corrected chi connectivity index (χ2v) is 15.7. The van der Waals surface area contributed by atoms with Crippen molar-refractivity contribution in [1.29, 1.82) is 0 Å².